The predicted octanol–water partition coefficient (Wildman–Crippen LogP) is 7.07. The van der Waals surface area contributed by atoms with Crippen LogP contribution in [0.15, 0.2) is 42.6 Å². The monoisotopic (exact) mass is 431 g/mol. The first-order chi connectivity index (χ1) is 15.1. The Bertz CT molecular complexity index is 1750. The zero-order valence-electron chi connectivity index (χ0n) is 18.6. The van der Waals surface area contributed by atoms with Gasteiger partial charge in [-0.1, -0.05) is 36.4 Å². The average molecular weight is 431 g/mol. The second-order valence-electron chi connectivity index (χ2n) is 9.05. The minimum absolute atomic E-state index is 0.254. The maximum absolute atomic E-state index is 14.1. The molecular formula is C27H22F3N2+. The molecule has 0 N–H and O–H groups in total. The van der Waals surface area contributed by atoms with Crippen LogP contribution in [0.25, 0.3) is 49.0 Å². The van der Waals surface area contributed by atoms with E-state index in [0.717, 1.165) is 60.5 Å². The van der Waals surface area contributed by atoms with Crippen molar-refractivity contribution in [3.05, 3.63) is 70.4 Å². The summed E-state index contributed by atoms with van der Waals surface area (Å²) in [6.07, 6.45) is -3.19. The van der Waals surface area contributed by atoms with Gasteiger partial charge in [0.2, 0.25) is 5.52 Å². The van der Waals surface area contributed by atoms with Crippen LogP contribution in [0.2, 0.25) is 0 Å². The fourth-order valence-electron chi connectivity index (χ4n) is 5.70. The van der Waals surface area contributed by atoms with E-state index < -0.39 is 11.7 Å². The maximum Gasteiger partial charge on any atom is 0.422 e. The molecule has 0 aliphatic heterocycles. The summed E-state index contributed by atoms with van der Waals surface area (Å²) in [6, 6.07) is 11.8. The number of hydrogen-bond donors (Lipinski definition) is 0. The summed E-state index contributed by atoms with van der Waals surface area (Å²) < 4.78 is 46.2. The highest BCUT2D eigenvalue weighted by Gasteiger charge is 2.38. The summed E-state index contributed by atoms with van der Waals surface area (Å²) in [5, 5.41) is 4.00. The predicted molar refractivity (Wildman–Crippen MR) is 124 cm³/mol. The SMILES string of the molecule is Cc1cc(C)c2c(c1C)c1c3c(ccc4c5cccc(C)c5n2c43)c(C(F)(F)F)c[n+]1C. The lowest BCUT2D eigenvalue weighted by molar-refractivity contribution is -0.644. The molecule has 0 atom stereocenters. The Morgan fingerprint density at radius 1 is 0.750 bits per heavy atom. The first-order valence-corrected chi connectivity index (χ1v) is 10.7. The number of alkyl halides is 3. The lowest BCUT2D eigenvalue weighted by atomic mass is 9.94. The zero-order valence-corrected chi connectivity index (χ0v) is 18.6. The van der Waals surface area contributed by atoms with Crippen molar-refractivity contribution in [2.75, 3.05) is 0 Å². The standard InChI is InChI=1S/C27H22F3N2/c1-13-7-6-8-17-18-9-10-19-20(27(28,29)30)12-31(5)26-21-16(4)14(2)11-15(3)24(21)32(23(13)17)25(18)22(19)26/h6-12H,1-5H3/q+1. The second kappa shape index (κ2) is 5.91. The van der Waals surface area contributed by atoms with Gasteiger partial charge < -0.3 is 4.40 Å². The molecule has 0 unspecified atom stereocenters. The molecule has 0 saturated heterocycles. The Hall–Kier alpha value is -3.34. The van der Waals surface area contributed by atoms with Crippen LogP contribution in [0.5, 0.6) is 0 Å². The van der Waals surface area contributed by atoms with Crippen molar-refractivity contribution in [3.8, 4) is 0 Å². The molecule has 0 radical (unpaired) electrons. The lowest BCUT2D eigenvalue weighted by Gasteiger charge is -2.18. The van der Waals surface area contributed by atoms with Crippen molar-refractivity contribution in [2.45, 2.75) is 33.9 Å². The van der Waals surface area contributed by atoms with Gasteiger partial charge in [0.15, 0.2) is 6.20 Å². The maximum atomic E-state index is 14.1. The molecule has 5 heteroatoms. The first-order valence-electron chi connectivity index (χ1n) is 10.7. The van der Waals surface area contributed by atoms with E-state index >= 15 is 0 Å². The van der Waals surface area contributed by atoms with Gasteiger partial charge in [-0.05, 0) is 49.9 Å². The van der Waals surface area contributed by atoms with Gasteiger partial charge in [-0.3, -0.25) is 0 Å². The number of hydrogen-bond acceptors (Lipinski definition) is 0. The molecule has 0 amide bonds. The highest BCUT2D eigenvalue weighted by atomic mass is 19.4. The van der Waals surface area contributed by atoms with Gasteiger partial charge in [0, 0.05) is 16.2 Å². The van der Waals surface area contributed by atoms with Crippen LogP contribution in [0.1, 0.15) is 27.8 Å². The number of pyridine rings is 2. The van der Waals surface area contributed by atoms with Gasteiger partial charge in [-0.15, -0.1) is 0 Å². The number of benzene rings is 3. The number of nitrogens with zero attached hydrogens (tertiary/aromatic N) is 2. The second-order valence-corrected chi connectivity index (χ2v) is 9.05. The van der Waals surface area contributed by atoms with Crippen LogP contribution in [0.3, 0.4) is 0 Å². The highest BCUT2D eigenvalue weighted by Crippen LogP contribution is 2.45. The molecule has 0 fully saturated rings. The molecule has 3 aromatic carbocycles. The molecule has 160 valence electrons. The Balaban J connectivity index is 2.13. The number of aromatic nitrogens is 2. The molecule has 0 bridgehead atoms. The van der Waals surface area contributed by atoms with Crippen molar-refractivity contribution in [3.63, 3.8) is 0 Å². The fourth-order valence-corrected chi connectivity index (χ4v) is 5.70. The smallest absolute Gasteiger partial charge is 0.307 e. The summed E-state index contributed by atoms with van der Waals surface area (Å²) >= 11 is 0. The van der Waals surface area contributed by atoms with Gasteiger partial charge >= 0.3 is 6.18 Å². The Morgan fingerprint density at radius 3 is 2.16 bits per heavy atom. The number of para-hydroxylation sites is 1. The number of halogens is 3. The van der Waals surface area contributed by atoms with Crippen molar-refractivity contribution in [1.29, 1.82) is 0 Å². The third-order valence-electron chi connectivity index (χ3n) is 7.13. The van der Waals surface area contributed by atoms with E-state index in [1.54, 1.807) is 17.7 Å². The van der Waals surface area contributed by atoms with Gasteiger partial charge in [0.1, 0.15) is 12.6 Å². The molecule has 3 aromatic heterocycles. The van der Waals surface area contributed by atoms with Crippen LogP contribution in [0, 0.1) is 27.7 Å². The summed E-state index contributed by atoms with van der Waals surface area (Å²) in [7, 11) is 1.73. The van der Waals surface area contributed by atoms with Gasteiger partial charge in [0.05, 0.1) is 27.3 Å². The lowest BCUT2D eigenvalue weighted by Crippen LogP contribution is -2.32. The largest absolute Gasteiger partial charge is 0.422 e. The van der Waals surface area contributed by atoms with Crippen molar-refractivity contribution in [2.24, 2.45) is 7.05 Å². The molecule has 6 aromatic rings. The van der Waals surface area contributed by atoms with E-state index in [1.807, 2.05) is 12.1 Å². The van der Waals surface area contributed by atoms with Crippen molar-refractivity contribution in [1.82, 2.24) is 4.40 Å². The number of fused-ring (bicyclic) bond motifs is 6. The molecule has 0 spiro atoms. The van der Waals surface area contributed by atoms with E-state index in [-0.39, 0.29) is 5.39 Å². The molecule has 2 nitrogen and oxygen atoms in total. The summed E-state index contributed by atoms with van der Waals surface area (Å²) in [5.41, 5.74) is 7.71. The number of aryl methyl sites for hydroxylation is 5. The van der Waals surface area contributed by atoms with Crippen LogP contribution in [-0.4, -0.2) is 4.40 Å². The van der Waals surface area contributed by atoms with E-state index in [4.69, 9.17) is 0 Å². The van der Waals surface area contributed by atoms with E-state index in [0.29, 0.717) is 5.39 Å². The molecule has 32 heavy (non-hydrogen) atoms. The normalized spacial score (nSPS) is 13.0. The third kappa shape index (κ3) is 2.18. The average Bonchev–Trinajstić information content (AvgIpc) is 3.06. The molecule has 0 aliphatic rings. The van der Waals surface area contributed by atoms with Crippen LogP contribution in [-0.2, 0) is 13.2 Å². The summed E-state index contributed by atoms with van der Waals surface area (Å²) in [5.74, 6) is 0. The molecule has 0 saturated carbocycles. The van der Waals surface area contributed by atoms with Crippen LogP contribution >= 0.6 is 0 Å². The van der Waals surface area contributed by atoms with E-state index in [1.165, 1.54) is 6.20 Å². The highest BCUT2D eigenvalue weighted by molar-refractivity contribution is 6.28. The van der Waals surface area contributed by atoms with E-state index in [2.05, 4.69) is 50.3 Å². The molecule has 3 heterocycles. The van der Waals surface area contributed by atoms with Gasteiger partial charge in [-0.2, -0.15) is 17.7 Å². The van der Waals surface area contributed by atoms with Gasteiger partial charge in [0.25, 0.3) is 0 Å². The third-order valence-corrected chi connectivity index (χ3v) is 7.13. The number of rotatable bonds is 0. The zero-order chi connectivity index (χ0) is 22.7. The topological polar surface area (TPSA) is 8.29 Å². The fraction of sp³-hybridized carbons (Fsp3) is 0.222. The quantitative estimate of drug-likeness (QED) is 0.138. The Morgan fingerprint density at radius 2 is 1.44 bits per heavy atom. The Labute approximate surface area is 182 Å². The first kappa shape index (κ1) is 19.4. The Kier molecular flexibility index (Phi) is 3.58. The minimum atomic E-state index is -4.44. The summed E-state index contributed by atoms with van der Waals surface area (Å²) in [6.45, 7) is 8.30. The van der Waals surface area contributed by atoms with Crippen molar-refractivity contribution < 1.29 is 17.7 Å². The van der Waals surface area contributed by atoms with Crippen LogP contribution < -0.4 is 4.57 Å². The molecule has 0 aliphatic carbocycles. The van der Waals surface area contributed by atoms with Gasteiger partial charge in [-0.25, -0.2) is 0 Å². The van der Waals surface area contributed by atoms with Crippen molar-refractivity contribution >= 4 is 49.0 Å². The minimum Gasteiger partial charge on any atom is -0.307 e. The summed E-state index contributed by atoms with van der Waals surface area (Å²) in [4.78, 5) is 0. The molecule has 6 rings (SSSR count). The van der Waals surface area contributed by atoms with E-state index in [9.17, 15) is 13.2 Å². The van der Waals surface area contributed by atoms with Crippen LogP contribution in [0.4, 0.5) is 13.2 Å². The molecular weight excluding hydrogens is 409 g/mol.